The highest BCUT2D eigenvalue weighted by atomic mass is 16.8. The summed E-state index contributed by atoms with van der Waals surface area (Å²) in [6.45, 7) is -2.79. The van der Waals surface area contributed by atoms with Crippen LogP contribution in [-0.2, 0) is 47.4 Å². The first-order valence-corrected chi connectivity index (χ1v) is 31.1. The summed E-state index contributed by atoms with van der Waals surface area (Å²) >= 11 is 0. The lowest BCUT2D eigenvalue weighted by atomic mass is 9.91. The third kappa shape index (κ3) is 13.2. The molecule has 0 unspecified atom stereocenters. The third-order valence-electron chi connectivity index (χ3n) is 17.3. The Bertz CT molecular complexity index is 5320. The first kappa shape index (κ1) is 76.2. The molecule has 10 atom stereocenters. The van der Waals surface area contributed by atoms with Gasteiger partial charge in [0.2, 0.25) is 53.2 Å². The number of carbonyl (C=O) groups excluding carboxylic acids is 8. The van der Waals surface area contributed by atoms with Crippen molar-refractivity contribution in [3.05, 3.63) is 111 Å². The van der Waals surface area contributed by atoms with Gasteiger partial charge in [-0.2, -0.15) is 0 Å². The van der Waals surface area contributed by atoms with Gasteiger partial charge >= 0.3 is 47.8 Å². The van der Waals surface area contributed by atoms with Gasteiger partial charge in [0.15, 0.2) is 128 Å². The summed E-state index contributed by atoms with van der Waals surface area (Å²) in [5.41, 5.74) is -14.3. The Morgan fingerprint density at radius 3 is 1.17 bits per heavy atom. The highest BCUT2D eigenvalue weighted by Crippen LogP contribution is 2.58. The molecule has 25 N–H and O–H groups in total. The van der Waals surface area contributed by atoms with Gasteiger partial charge in [-0.3, -0.25) is 0 Å². The highest BCUT2D eigenvalue weighted by Gasteiger charge is 2.57. The molecule has 0 aliphatic carbocycles. The van der Waals surface area contributed by atoms with Crippen LogP contribution in [0, 0.1) is 0 Å². The second-order valence-corrected chi connectivity index (χ2v) is 24.3. The maximum absolute atomic E-state index is 15.5. The molecule has 2 fully saturated rings. The average molecular weight is 1570 g/mol. The molecule has 4 aliphatic rings. The zero-order valence-electron chi connectivity index (χ0n) is 55.0. The largest absolute Gasteiger partial charge is 0.504 e. The molecule has 0 saturated carbocycles. The fraction of sp³-hybridized carbons (Fsp3) is 0.176. The number of rotatable bonds is 11. The minimum absolute atomic E-state index is 0.186. The lowest BCUT2D eigenvalue weighted by molar-refractivity contribution is -0.284. The van der Waals surface area contributed by atoms with Crippen molar-refractivity contribution < 1.29 is 218 Å². The summed E-state index contributed by atoms with van der Waals surface area (Å²) in [5.74, 6) is -50.6. The van der Waals surface area contributed by atoms with Crippen molar-refractivity contribution in [3.63, 3.8) is 0 Å². The third-order valence-corrected chi connectivity index (χ3v) is 17.3. The van der Waals surface area contributed by atoms with Crippen molar-refractivity contribution in [2.45, 2.75) is 61.4 Å². The number of hydrogen-bond acceptors (Lipinski definition) is 44. The first-order chi connectivity index (χ1) is 52.7. The second kappa shape index (κ2) is 28.4. The van der Waals surface area contributed by atoms with E-state index >= 15 is 9.59 Å². The minimum Gasteiger partial charge on any atom is -0.504 e. The van der Waals surface area contributed by atoms with Crippen LogP contribution >= 0.6 is 0 Å². The number of phenols is 23. The van der Waals surface area contributed by atoms with Gasteiger partial charge < -0.3 is 180 Å². The molecule has 0 amide bonds. The van der Waals surface area contributed by atoms with E-state index in [9.17, 15) is 156 Å². The fourth-order valence-corrected chi connectivity index (χ4v) is 11.8. The smallest absolute Gasteiger partial charge is 0.342 e. The van der Waals surface area contributed by atoms with E-state index in [1.54, 1.807) is 0 Å². The highest BCUT2D eigenvalue weighted by molar-refractivity contribution is 6.10. The molecule has 44 nitrogen and oxygen atoms in total. The molecule has 2 saturated heterocycles. The number of phenolic OH excluding ortho intramolecular Hbond substituents is 23. The zero-order valence-corrected chi connectivity index (χ0v) is 55.0. The van der Waals surface area contributed by atoms with Crippen LogP contribution in [0.2, 0.25) is 0 Å². The second-order valence-electron chi connectivity index (χ2n) is 24.3. The van der Waals surface area contributed by atoms with Crippen LogP contribution in [0.3, 0.4) is 0 Å². The zero-order chi connectivity index (χ0) is 81.7. The average Bonchev–Trinajstić information content (AvgIpc) is 0.849. The SMILES string of the molecule is O=C(OC[C@H]1O[C@@H](OC(=O)c2cc(O)c(O)c(O)c2)[C@H](O)[C@@H](O)[C@@H]1OC(=O)c1cc(O)c(O)c(O)c1Oc1cc2c(c(O)c1O)-c1c(cc(O)c(O)c1O)C(=O)O[C@@H]1[C@@H](OC2=O)[C@H](OC(=O)c2cc(O)c(O)c(O)c2)O[C@@H]2COC(=O)c3cc(O)c(O)c(O)c3-c3c(cc(O)c(O)c3O)C(=O)O[C@@H]12)c1cc(O)c(O)c(O)c1. The minimum atomic E-state index is -2.88. The van der Waals surface area contributed by atoms with E-state index in [0.717, 1.165) is 0 Å². The number of esters is 8. The van der Waals surface area contributed by atoms with Gasteiger partial charge in [-0.1, -0.05) is 0 Å². The molecular formula is C68H50O44. The molecule has 12 rings (SSSR count). The van der Waals surface area contributed by atoms with Crippen LogP contribution in [0.1, 0.15) is 82.9 Å². The fourth-order valence-electron chi connectivity index (χ4n) is 11.8. The van der Waals surface area contributed by atoms with Crippen LogP contribution in [0.15, 0.2) is 66.7 Å². The quantitative estimate of drug-likeness (QED) is 0.0498. The van der Waals surface area contributed by atoms with Gasteiger partial charge in [0.05, 0.1) is 38.9 Å². The number of benzene rings is 8. The molecule has 44 heteroatoms. The number of fused-ring (bicyclic) bond motifs is 9. The van der Waals surface area contributed by atoms with Gasteiger partial charge in [-0.05, 0) is 54.6 Å². The first-order valence-electron chi connectivity index (χ1n) is 31.1. The Kier molecular flexibility index (Phi) is 19.3. The standard InChI is InChI=1S/C68H50O44/c69-22-1-14(2-23(70)39(22)79)59(94)102-12-33-55(52(92)53(93)67(105-33)111-60(95)15-3-24(71)40(80)25(72)4-15)107-66(101)21-10-31(78)45(85)51(91)54(21)104-32-11-20-38(50(90)46(32)86)37-19(9-30(77)44(84)49(37)89)64(99)109-57-56-34(106-68(58(57)110-65(20)100)112-61(96)16-5-26(73)41(81)27(74)6-16)13-103-62(97)17-7-28(75)42(82)47(87)35(17)36-18(63(98)108-56)8-29(76)43(83)48(36)88/h1-11,33-34,52-53,55-58,67-93H,12-13H2/t33-,34-,52-,53-,55-,56-,57+,58-,67+,68+/m1/s1. The molecule has 0 radical (unpaired) electrons. The maximum Gasteiger partial charge on any atom is 0.342 e. The number of cyclic esters (lactones) is 1. The predicted molar refractivity (Wildman–Crippen MR) is 345 cm³/mol. The Balaban J connectivity index is 0.970. The van der Waals surface area contributed by atoms with Crippen LogP contribution in [0.5, 0.6) is 144 Å². The van der Waals surface area contributed by atoms with Crippen LogP contribution in [0.25, 0.3) is 22.3 Å². The summed E-state index contributed by atoms with van der Waals surface area (Å²) < 4.78 is 61.3. The summed E-state index contributed by atoms with van der Waals surface area (Å²) in [4.78, 5) is 115. The summed E-state index contributed by atoms with van der Waals surface area (Å²) in [7, 11) is 0. The molecule has 8 aromatic rings. The molecule has 0 aromatic heterocycles. The van der Waals surface area contributed by atoms with Gasteiger partial charge in [0.25, 0.3) is 0 Å². The van der Waals surface area contributed by atoms with E-state index in [4.69, 9.17) is 52.1 Å². The lowest BCUT2D eigenvalue weighted by Crippen LogP contribution is -2.63. The van der Waals surface area contributed by atoms with Gasteiger partial charge in [-0.25, -0.2) is 38.4 Å². The van der Waals surface area contributed by atoms with Crippen molar-refractivity contribution in [3.8, 4) is 166 Å². The Morgan fingerprint density at radius 1 is 0.348 bits per heavy atom. The Hall–Kier alpha value is -15.4. The molecular weight excluding hydrogens is 1520 g/mol. The van der Waals surface area contributed by atoms with Crippen LogP contribution in [0.4, 0.5) is 0 Å². The topological polar surface area (TPSA) is 744 Å². The number of aromatic hydroxyl groups is 23. The van der Waals surface area contributed by atoms with E-state index in [1.807, 2.05) is 0 Å². The number of aliphatic hydroxyl groups excluding tert-OH is 2. The molecule has 112 heavy (non-hydrogen) atoms. The van der Waals surface area contributed by atoms with Crippen LogP contribution < -0.4 is 4.74 Å². The molecule has 4 heterocycles. The molecule has 8 aromatic carbocycles. The van der Waals surface area contributed by atoms with Crippen LogP contribution in [-0.4, -0.2) is 250 Å². The monoisotopic (exact) mass is 1570 g/mol. The van der Waals surface area contributed by atoms with Gasteiger partial charge in [-0.15, -0.1) is 0 Å². The van der Waals surface area contributed by atoms with Crippen molar-refractivity contribution >= 4 is 47.8 Å². The van der Waals surface area contributed by atoms with Gasteiger partial charge in [0, 0.05) is 34.4 Å². The molecule has 0 bridgehead atoms. The van der Waals surface area contributed by atoms with Crippen molar-refractivity contribution in [1.82, 2.24) is 0 Å². The van der Waals surface area contributed by atoms with E-state index in [0.29, 0.717) is 48.5 Å². The van der Waals surface area contributed by atoms with E-state index in [-0.39, 0.29) is 18.2 Å². The lowest BCUT2D eigenvalue weighted by Gasteiger charge is -2.44. The van der Waals surface area contributed by atoms with E-state index in [1.165, 1.54) is 0 Å². The van der Waals surface area contributed by atoms with Crippen molar-refractivity contribution in [2.24, 2.45) is 0 Å². The number of aliphatic hydroxyl groups is 2. The maximum atomic E-state index is 15.5. The number of ether oxygens (including phenoxy) is 11. The van der Waals surface area contributed by atoms with Crippen molar-refractivity contribution in [1.29, 1.82) is 0 Å². The summed E-state index contributed by atoms with van der Waals surface area (Å²) in [5, 5.41) is 271. The predicted octanol–water partition coefficient (Wildman–Crippen LogP) is 1.77. The normalized spacial score (nSPS) is 20.6. The molecule has 586 valence electrons. The van der Waals surface area contributed by atoms with Gasteiger partial charge in [0.1, 0.15) is 43.2 Å². The Labute approximate surface area is 616 Å². The molecule has 0 spiro atoms. The Morgan fingerprint density at radius 2 is 0.714 bits per heavy atom. The summed E-state index contributed by atoms with van der Waals surface area (Å²) in [6, 6.07) is 4.39. The number of carbonyl (C=O) groups is 8. The van der Waals surface area contributed by atoms with E-state index in [2.05, 4.69) is 0 Å². The van der Waals surface area contributed by atoms with E-state index < -0.39 is 333 Å². The van der Waals surface area contributed by atoms with Crippen molar-refractivity contribution in [2.75, 3.05) is 13.2 Å². The molecule has 4 aliphatic heterocycles. The number of hydrogen-bond donors (Lipinski definition) is 25. The summed E-state index contributed by atoms with van der Waals surface area (Å²) in [6.07, 6.45) is -26.2.